The number of aromatic nitrogens is 1. The average Bonchev–Trinajstić information content (AvgIpc) is 2.61. The number of nitrogens with zero attached hydrogens (tertiary/aromatic N) is 2. The maximum Gasteiger partial charge on any atom is 0.107 e. The molecule has 0 saturated heterocycles. The van der Waals surface area contributed by atoms with Gasteiger partial charge in [-0.2, -0.15) is 0 Å². The Morgan fingerprint density at radius 2 is 2.27 bits per heavy atom. The molecule has 1 unspecified atom stereocenters. The molecule has 0 saturated carbocycles. The Labute approximate surface area is 96.3 Å². The van der Waals surface area contributed by atoms with Gasteiger partial charge in [-0.3, -0.25) is 0 Å². The summed E-state index contributed by atoms with van der Waals surface area (Å²) in [6, 6.07) is 0. The molecule has 0 aromatic carbocycles. The molecule has 1 atom stereocenters. The van der Waals surface area contributed by atoms with Gasteiger partial charge in [0.05, 0.1) is 5.69 Å². The highest BCUT2D eigenvalue weighted by molar-refractivity contribution is 7.09. The monoisotopic (exact) mass is 227 g/mol. The van der Waals surface area contributed by atoms with E-state index in [9.17, 15) is 0 Å². The second-order valence-electron chi connectivity index (χ2n) is 4.13. The van der Waals surface area contributed by atoms with Gasteiger partial charge in [-0.1, -0.05) is 13.3 Å². The second kappa shape index (κ2) is 6.20. The predicted molar refractivity (Wildman–Crippen MR) is 66.2 cm³/mol. The van der Waals surface area contributed by atoms with Crippen LogP contribution in [0.25, 0.3) is 0 Å². The Morgan fingerprint density at radius 3 is 2.80 bits per heavy atom. The standard InChI is InChI=1S/C11H21N3S/c1-4-5-9(6-12)10-8-15-11(13-10)7-14(2)3/h8-9H,4-7,12H2,1-3H3. The summed E-state index contributed by atoms with van der Waals surface area (Å²) in [5, 5.41) is 3.34. The first-order chi connectivity index (χ1) is 7.17. The SMILES string of the molecule is CCCC(CN)c1csc(CN(C)C)n1. The highest BCUT2D eigenvalue weighted by Crippen LogP contribution is 2.22. The van der Waals surface area contributed by atoms with Gasteiger partial charge in [-0.25, -0.2) is 4.98 Å². The van der Waals surface area contributed by atoms with E-state index in [2.05, 4.69) is 36.3 Å². The molecule has 0 aliphatic carbocycles. The molecule has 0 amide bonds. The van der Waals surface area contributed by atoms with Crippen LogP contribution in [0.3, 0.4) is 0 Å². The number of hydrogen-bond acceptors (Lipinski definition) is 4. The van der Waals surface area contributed by atoms with Crippen LogP contribution in [0.2, 0.25) is 0 Å². The van der Waals surface area contributed by atoms with Gasteiger partial charge in [-0.05, 0) is 20.5 Å². The van der Waals surface area contributed by atoms with Crippen LogP contribution in [0.15, 0.2) is 5.38 Å². The van der Waals surface area contributed by atoms with Gasteiger partial charge in [0, 0.05) is 24.4 Å². The van der Waals surface area contributed by atoms with E-state index in [1.807, 2.05) is 0 Å². The molecule has 1 rings (SSSR count). The molecular weight excluding hydrogens is 206 g/mol. The van der Waals surface area contributed by atoms with Crippen molar-refractivity contribution in [3.05, 3.63) is 16.1 Å². The molecule has 0 spiro atoms. The molecule has 2 N–H and O–H groups in total. The zero-order valence-corrected chi connectivity index (χ0v) is 10.7. The zero-order chi connectivity index (χ0) is 11.3. The van der Waals surface area contributed by atoms with Crippen molar-refractivity contribution in [2.45, 2.75) is 32.2 Å². The lowest BCUT2D eigenvalue weighted by Gasteiger charge is -2.10. The van der Waals surface area contributed by atoms with Gasteiger partial charge in [0.15, 0.2) is 0 Å². The summed E-state index contributed by atoms with van der Waals surface area (Å²) in [5.41, 5.74) is 6.94. The molecule has 3 nitrogen and oxygen atoms in total. The van der Waals surface area contributed by atoms with Crippen molar-refractivity contribution in [3.63, 3.8) is 0 Å². The fraction of sp³-hybridized carbons (Fsp3) is 0.727. The Balaban J connectivity index is 2.64. The normalized spacial score (nSPS) is 13.4. The van der Waals surface area contributed by atoms with Gasteiger partial charge in [0.25, 0.3) is 0 Å². The molecule has 0 aliphatic rings. The molecular formula is C11H21N3S. The van der Waals surface area contributed by atoms with Crippen LogP contribution in [-0.4, -0.2) is 30.5 Å². The molecule has 86 valence electrons. The Morgan fingerprint density at radius 1 is 1.53 bits per heavy atom. The lowest BCUT2D eigenvalue weighted by Crippen LogP contribution is -2.14. The fourth-order valence-electron chi connectivity index (χ4n) is 1.59. The smallest absolute Gasteiger partial charge is 0.107 e. The van der Waals surface area contributed by atoms with E-state index in [0.29, 0.717) is 12.5 Å². The maximum atomic E-state index is 5.76. The summed E-state index contributed by atoms with van der Waals surface area (Å²) in [5.74, 6) is 0.446. The zero-order valence-electron chi connectivity index (χ0n) is 9.86. The Kier molecular flexibility index (Phi) is 5.22. The third-order valence-electron chi connectivity index (χ3n) is 2.36. The van der Waals surface area contributed by atoms with Crippen LogP contribution in [0.5, 0.6) is 0 Å². The summed E-state index contributed by atoms with van der Waals surface area (Å²) >= 11 is 1.74. The van der Waals surface area contributed by atoms with E-state index in [1.54, 1.807) is 11.3 Å². The van der Waals surface area contributed by atoms with Crippen molar-refractivity contribution in [1.29, 1.82) is 0 Å². The predicted octanol–water partition coefficient (Wildman–Crippen LogP) is 2.05. The number of thiazole rings is 1. The highest BCUT2D eigenvalue weighted by atomic mass is 32.1. The third-order valence-corrected chi connectivity index (χ3v) is 3.21. The van der Waals surface area contributed by atoms with Crippen LogP contribution in [0.1, 0.15) is 36.4 Å². The fourth-order valence-corrected chi connectivity index (χ4v) is 2.58. The first-order valence-electron chi connectivity index (χ1n) is 5.46. The minimum atomic E-state index is 0.446. The van der Waals surface area contributed by atoms with Crippen LogP contribution < -0.4 is 5.73 Å². The molecule has 1 aromatic heterocycles. The molecule has 15 heavy (non-hydrogen) atoms. The minimum absolute atomic E-state index is 0.446. The molecule has 0 fully saturated rings. The highest BCUT2D eigenvalue weighted by Gasteiger charge is 2.12. The summed E-state index contributed by atoms with van der Waals surface area (Å²) < 4.78 is 0. The second-order valence-corrected chi connectivity index (χ2v) is 5.07. The van der Waals surface area contributed by atoms with Crippen molar-refractivity contribution in [3.8, 4) is 0 Å². The van der Waals surface area contributed by atoms with Crippen LogP contribution in [0, 0.1) is 0 Å². The van der Waals surface area contributed by atoms with Crippen LogP contribution in [0.4, 0.5) is 0 Å². The average molecular weight is 227 g/mol. The quantitative estimate of drug-likeness (QED) is 0.808. The number of rotatable bonds is 6. The Bertz CT molecular complexity index is 283. The van der Waals surface area contributed by atoms with E-state index < -0.39 is 0 Å². The maximum absolute atomic E-state index is 5.76. The molecule has 0 bridgehead atoms. The molecule has 1 heterocycles. The van der Waals surface area contributed by atoms with Gasteiger partial charge in [0.2, 0.25) is 0 Å². The first-order valence-corrected chi connectivity index (χ1v) is 6.34. The lowest BCUT2D eigenvalue weighted by molar-refractivity contribution is 0.401. The van der Waals surface area contributed by atoms with Crippen LogP contribution >= 0.6 is 11.3 Å². The number of hydrogen-bond donors (Lipinski definition) is 1. The van der Waals surface area contributed by atoms with E-state index in [1.165, 1.54) is 17.1 Å². The molecule has 1 aromatic rings. The lowest BCUT2D eigenvalue weighted by atomic mass is 10.0. The third kappa shape index (κ3) is 3.89. The van der Waals surface area contributed by atoms with Gasteiger partial charge in [-0.15, -0.1) is 11.3 Å². The molecule has 0 aliphatic heterocycles. The number of nitrogens with two attached hydrogens (primary N) is 1. The van der Waals surface area contributed by atoms with E-state index in [0.717, 1.165) is 13.0 Å². The van der Waals surface area contributed by atoms with E-state index >= 15 is 0 Å². The van der Waals surface area contributed by atoms with Gasteiger partial charge in [0.1, 0.15) is 5.01 Å². The van der Waals surface area contributed by atoms with Crippen molar-refractivity contribution < 1.29 is 0 Å². The molecule has 4 heteroatoms. The largest absolute Gasteiger partial charge is 0.330 e. The van der Waals surface area contributed by atoms with Crippen molar-refractivity contribution in [1.82, 2.24) is 9.88 Å². The van der Waals surface area contributed by atoms with Crippen molar-refractivity contribution >= 4 is 11.3 Å². The van der Waals surface area contributed by atoms with Crippen LogP contribution in [-0.2, 0) is 6.54 Å². The van der Waals surface area contributed by atoms with E-state index in [-0.39, 0.29) is 0 Å². The van der Waals surface area contributed by atoms with Gasteiger partial charge < -0.3 is 10.6 Å². The molecule has 0 radical (unpaired) electrons. The van der Waals surface area contributed by atoms with Crippen molar-refractivity contribution in [2.24, 2.45) is 5.73 Å². The topological polar surface area (TPSA) is 42.1 Å². The first kappa shape index (κ1) is 12.6. The Hall–Kier alpha value is -0.450. The summed E-state index contributed by atoms with van der Waals surface area (Å²) in [6.45, 7) is 3.82. The summed E-state index contributed by atoms with van der Waals surface area (Å²) in [6.07, 6.45) is 2.31. The van der Waals surface area contributed by atoms with E-state index in [4.69, 9.17) is 5.73 Å². The minimum Gasteiger partial charge on any atom is -0.330 e. The van der Waals surface area contributed by atoms with Crippen molar-refractivity contribution in [2.75, 3.05) is 20.6 Å². The summed E-state index contributed by atoms with van der Waals surface area (Å²) in [4.78, 5) is 6.78. The summed E-state index contributed by atoms with van der Waals surface area (Å²) in [7, 11) is 4.13. The van der Waals surface area contributed by atoms with Gasteiger partial charge >= 0.3 is 0 Å².